The molecule has 6 nitrogen and oxygen atoms in total. The molecule has 1 aliphatic rings. The first-order valence-electron chi connectivity index (χ1n) is 9.37. The number of para-hydroxylation sites is 1. The molecule has 1 heterocycles. The maximum absolute atomic E-state index is 11.3. The van der Waals surface area contributed by atoms with E-state index < -0.39 is 9.84 Å². The normalized spacial score (nSPS) is 16.3. The van der Waals surface area contributed by atoms with Crippen molar-refractivity contribution in [3.63, 3.8) is 0 Å². The van der Waals surface area contributed by atoms with E-state index >= 15 is 0 Å². The summed E-state index contributed by atoms with van der Waals surface area (Å²) in [6.07, 6.45) is 2.93. The zero-order valence-electron chi connectivity index (χ0n) is 16.7. The molecule has 0 saturated heterocycles. The summed E-state index contributed by atoms with van der Waals surface area (Å²) in [7, 11) is -2.94. The summed E-state index contributed by atoms with van der Waals surface area (Å²) in [5, 5.41) is 6.56. The number of sulfone groups is 1. The van der Waals surface area contributed by atoms with Gasteiger partial charge in [-0.25, -0.2) is 8.42 Å². The number of halogens is 1. The minimum absolute atomic E-state index is 0. The average Bonchev–Trinajstić information content (AvgIpc) is 3.01. The molecule has 1 aromatic rings. The Morgan fingerprint density at radius 1 is 1.30 bits per heavy atom. The van der Waals surface area contributed by atoms with Gasteiger partial charge in [-0.2, -0.15) is 0 Å². The fourth-order valence-corrected chi connectivity index (χ4v) is 3.94. The third-order valence-corrected chi connectivity index (χ3v) is 5.60. The van der Waals surface area contributed by atoms with E-state index in [1.54, 1.807) is 0 Å². The van der Waals surface area contributed by atoms with Gasteiger partial charge in [-0.1, -0.05) is 18.2 Å². The smallest absolute Gasteiger partial charge is 0.191 e. The minimum Gasteiger partial charge on any atom is -0.366 e. The number of nitrogens with zero attached hydrogens (tertiary/aromatic N) is 2. The SMILES string of the molecule is CCNC(=NCC(C)N1CCc2ccccc21)NC(C)CCS(C)(=O)=O.I. The molecule has 2 atom stereocenters. The van der Waals surface area contributed by atoms with Crippen molar-refractivity contribution in [1.29, 1.82) is 0 Å². The highest BCUT2D eigenvalue weighted by molar-refractivity contribution is 14.0. The minimum atomic E-state index is -2.94. The summed E-state index contributed by atoms with van der Waals surface area (Å²) < 4.78 is 22.7. The molecule has 27 heavy (non-hydrogen) atoms. The Hall–Kier alpha value is -1.03. The van der Waals surface area contributed by atoms with Crippen molar-refractivity contribution in [2.24, 2.45) is 4.99 Å². The number of hydrogen-bond donors (Lipinski definition) is 2. The van der Waals surface area contributed by atoms with Gasteiger partial charge in [-0.05, 0) is 45.2 Å². The molecular formula is C19H33IN4O2S. The summed E-state index contributed by atoms with van der Waals surface area (Å²) in [4.78, 5) is 7.13. The highest BCUT2D eigenvalue weighted by Crippen LogP contribution is 2.29. The van der Waals surface area contributed by atoms with E-state index in [4.69, 9.17) is 4.99 Å². The van der Waals surface area contributed by atoms with Crippen LogP contribution < -0.4 is 15.5 Å². The number of hydrogen-bond acceptors (Lipinski definition) is 4. The lowest BCUT2D eigenvalue weighted by molar-refractivity contribution is 0.580. The van der Waals surface area contributed by atoms with Crippen LogP contribution in [-0.4, -0.2) is 58.1 Å². The van der Waals surface area contributed by atoms with Gasteiger partial charge < -0.3 is 15.5 Å². The zero-order chi connectivity index (χ0) is 19.2. The number of benzene rings is 1. The fraction of sp³-hybridized carbons (Fsp3) is 0.632. The van der Waals surface area contributed by atoms with Crippen molar-refractivity contribution >= 4 is 45.5 Å². The van der Waals surface area contributed by atoms with Gasteiger partial charge in [-0.3, -0.25) is 4.99 Å². The van der Waals surface area contributed by atoms with E-state index in [0.29, 0.717) is 19.0 Å². The monoisotopic (exact) mass is 508 g/mol. The van der Waals surface area contributed by atoms with Crippen molar-refractivity contribution in [1.82, 2.24) is 10.6 Å². The first-order valence-corrected chi connectivity index (χ1v) is 11.4. The molecule has 0 radical (unpaired) electrons. The van der Waals surface area contributed by atoms with Crippen molar-refractivity contribution in [3.8, 4) is 0 Å². The molecule has 0 aromatic heterocycles. The Bertz CT molecular complexity index is 724. The number of nitrogens with one attached hydrogen (secondary N) is 2. The third kappa shape index (κ3) is 7.85. The van der Waals surface area contributed by atoms with Gasteiger partial charge in [0.25, 0.3) is 0 Å². The number of fused-ring (bicyclic) bond motifs is 1. The van der Waals surface area contributed by atoms with Gasteiger partial charge in [0.2, 0.25) is 0 Å². The van der Waals surface area contributed by atoms with Gasteiger partial charge in [-0.15, -0.1) is 24.0 Å². The Kier molecular flexibility index (Phi) is 9.86. The number of anilines is 1. The Balaban J connectivity index is 0.00000364. The van der Waals surface area contributed by atoms with E-state index in [2.05, 4.69) is 46.7 Å². The molecule has 2 unspecified atom stereocenters. The molecule has 1 aliphatic heterocycles. The lowest BCUT2D eigenvalue weighted by atomic mass is 10.2. The van der Waals surface area contributed by atoms with Crippen LogP contribution in [0.2, 0.25) is 0 Å². The van der Waals surface area contributed by atoms with E-state index in [9.17, 15) is 8.42 Å². The second-order valence-electron chi connectivity index (χ2n) is 7.10. The zero-order valence-corrected chi connectivity index (χ0v) is 19.9. The van der Waals surface area contributed by atoms with Crippen LogP contribution in [0.5, 0.6) is 0 Å². The lowest BCUT2D eigenvalue weighted by Gasteiger charge is -2.26. The molecule has 0 spiro atoms. The van der Waals surface area contributed by atoms with Gasteiger partial charge >= 0.3 is 0 Å². The first-order chi connectivity index (χ1) is 12.3. The lowest BCUT2D eigenvalue weighted by Crippen LogP contribution is -2.44. The van der Waals surface area contributed by atoms with E-state index in [1.165, 1.54) is 17.5 Å². The predicted octanol–water partition coefficient (Wildman–Crippen LogP) is 2.43. The summed E-state index contributed by atoms with van der Waals surface area (Å²) in [6, 6.07) is 8.91. The van der Waals surface area contributed by atoms with E-state index in [0.717, 1.165) is 25.5 Å². The maximum Gasteiger partial charge on any atom is 0.191 e. The quantitative estimate of drug-likeness (QED) is 0.321. The van der Waals surface area contributed by atoms with Crippen LogP contribution in [0, 0.1) is 0 Å². The number of guanidine groups is 1. The molecule has 0 aliphatic carbocycles. The molecule has 0 amide bonds. The molecule has 1 aromatic carbocycles. The van der Waals surface area contributed by atoms with Crippen molar-refractivity contribution < 1.29 is 8.42 Å². The van der Waals surface area contributed by atoms with Crippen molar-refractivity contribution in [3.05, 3.63) is 29.8 Å². The maximum atomic E-state index is 11.3. The van der Waals surface area contributed by atoms with E-state index in [-0.39, 0.29) is 35.8 Å². The van der Waals surface area contributed by atoms with Crippen molar-refractivity contribution in [2.45, 2.75) is 45.7 Å². The first kappa shape index (κ1) is 24.0. The van der Waals surface area contributed by atoms with Gasteiger partial charge in [0.15, 0.2) is 5.96 Å². The van der Waals surface area contributed by atoms with Crippen LogP contribution in [-0.2, 0) is 16.3 Å². The van der Waals surface area contributed by atoms with Crippen LogP contribution in [0.1, 0.15) is 32.8 Å². The number of aliphatic imine (C=N–C) groups is 1. The molecule has 0 fully saturated rings. The molecule has 2 rings (SSSR count). The topological polar surface area (TPSA) is 73.8 Å². The Labute approximate surface area is 181 Å². The van der Waals surface area contributed by atoms with Crippen LogP contribution in [0.25, 0.3) is 0 Å². The highest BCUT2D eigenvalue weighted by atomic mass is 127. The molecule has 2 N–H and O–H groups in total. The van der Waals surface area contributed by atoms with Gasteiger partial charge in [0.05, 0.1) is 12.3 Å². The summed E-state index contributed by atoms with van der Waals surface area (Å²) in [6.45, 7) is 8.69. The molecule has 0 bridgehead atoms. The molecule has 154 valence electrons. The Morgan fingerprint density at radius 2 is 2.00 bits per heavy atom. The fourth-order valence-electron chi connectivity index (χ4n) is 3.16. The summed E-state index contributed by atoms with van der Waals surface area (Å²) in [5.74, 6) is 0.925. The highest BCUT2D eigenvalue weighted by Gasteiger charge is 2.22. The predicted molar refractivity (Wildman–Crippen MR) is 125 cm³/mol. The van der Waals surface area contributed by atoms with Gasteiger partial charge in [0.1, 0.15) is 9.84 Å². The van der Waals surface area contributed by atoms with E-state index in [1.807, 2.05) is 13.8 Å². The largest absolute Gasteiger partial charge is 0.366 e. The standard InChI is InChI=1S/C19H32N4O2S.HI/c1-5-20-19(22-15(2)11-13-26(4,24)25)21-14-16(3)23-12-10-17-8-6-7-9-18(17)23;/h6-9,15-16H,5,10-14H2,1-4H3,(H2,20,21,22);1H. The van der Waals surface area contributed by atoms with Crippen LogP contribution in [0.3, 0.4) is 0 Å². The van der Waals surface area contributed by atoms with Crippen LogP contribution in [0.15, 0.2) is 29.3 Å². The van der Waals surface area contributed by atoms with Gasteiger partial charge in [0, 0.05) is 37.1 Å². The summed E-state index contributed by atoms with van der Waals surface area (Å²) >= 11 is 0. The number of rotatable bonds is 8. The van der Waals surface area contributed by atoms with Crippen molar-refractivity contribution in [2.75, 3.05) is 36.5 Å². The third-order valence-electron chi connectivity index (χ3n) is 4.62. The second kappa shape index (κ2) is 11.1. The molecule has 8 heteroatoms. The average molecular weight is 508 g/mol. The molecule has 0 saturated carbocycles. The Morgan fingerprint density at radius 3 is 2.67 bits per heavy atom. The molecular weight excluding hydrogens is 475 g/mol. The second-order valence-corrected chi connectivity index (χ2v) is 9.36. The summed E-state index contributed by atoms with van der Waals surface area (Å²) in [5.41, 5.74) is 2.72. The van der Waals surface area contributed by atoms with Crippen LogP contribution in [0.4, 0.5) is 5.69 Å². The van der Waals surface area contributed by atoms with Crippen LogP contribution >= 0.6 is 24.0 Å².